The molecule has 17 radical (unpaired) electrons. The maximum absolute atomic E-state index is 13.7. The average molecular weight is 2910 g/mol. The minimum atomic E-state index is -3.77. The maximum atomic E-state index is 13.7. The molecular weight excluding hydrogens is 2820 g/mol. The van der Waals surface area contributed by atoms with Gasteiger partial charge in [-0.1, -0.05) is 65.0 Å². The molecule has 0 fully saturated rings. The summed E-state index contributed by atoms with van der Waals surface area (Å²) in [7, 11) is 0.770. The number of anilines is 2. The number of carbonyl (C=O) groups is 3. The molecule has 9 aromatic rings. The molecule has 0 amide bonds. The minimum absolute atomic E-state index is 0. The van der Waals surface area contributed by atoms with Gasteiger partial charge in [0.25, 0.3) is 20.0 Å². The number of carbonyl (C=O) groups excluding carboxylic acids is 3. The van der Waals surface area contributed by atoms with E-state index in [0.29, 0.717) is 51.1 Å². The number of ether oxygens (including phenoxy) is 6. The van der Waals surface area contributed by atoms with Crippen LogP contribution in [0.25, 0.3) is 11.1 Å². The SMILES string of the molecule is CC.CC.COC(=O)c1cc(-c2ccc(F)cc2F)ccc1OC.COC(=O)c1cc(N=Nc2ccc(S(=O)(=O)Nc3ccccn3)cc2)ccc1OC.COC(=O)c1ccccc1OC.Cc1[c-]ccc(N=Nc2ccc(S(=O)(=O)Nc3ccccn3)cc2)c1.[CH3-].[CH3-].[CH3-].[CH3-].[CH3-].[CH3-].[CH3-].[CH3-].[Y].[Y].[Y].[Y].[Y].[Y].[Y].[Y].[Y].[Y].[Y].[Y].[Y].[Y].[Y].[Y].[Y]. The van der Waals surface area contributed by atoms with E-state index >= 15 is 0 Å². The third-order valence-corrected chi connectivity index (χ3v) is 14.3. The number of nitrogens with zero attached hydrogens (tertiary/aromatic N) is 6. The summed E-state index contributed by atoms with van der Waals surface area (Å²) in [4.78, 5) is 42.7. The Hall–Kier alpha value is 7.98. The van der Waals surface area contributed by atoms with E-state index in [1.54, 1.807) is 103 Å². The predicted octanol–water partition coefficient (Wildman–Crippen LogP) is 19.0. The van der Waals surface area contributed by atoms with Crippen LogP contribution in [0.2, 0.25) is 0 Å². The number of hydrogen-bond acceptors (Lipinski definition) is 19. The monoisotopic (exact) mass is 2910 g/mol. The summed E-state index contributed by atoms with van der Waals surface area (Å²) in [6.07, 6.45) is 3.01. The zero-order valence-electron chi connectivity index (χ0n) is 69.4. The van der Waals surface area contributed by atoms with Gasteiger partial charge in [0, 0.05) is 580 Å². The zero-order chi connectivity index (χ0) is 66.9. The Morgan fingerprint density at radius 2 is 0.698 bits per heavy atom. The predicted molar refractivity (Wildman–Crippen MR) is 394 cm³/mol. The Kier molecular flexibility index (Phi) is 161. The molecule has 0 atom stereocenters. The normalized spacial score (nSPS) is 8.22. The number of hydrogen-bond donors (Lipinski definition) is 2. The summed E-state index contributed by atoms with van der Waals surface area (Å²) < 4.78 is 110. The van der Waals surface area contributed by atoms with Crippen LogP contribution in [0.1, 0.15) is 64.3 Å². The van der Waals surface area contributed by atoms with Gasteiger partial charge in [-0.05, 0) is 139 Å². The Labute approximate surface area is 1120 Å². The molecule has 591 valence electrons. The quantitative estimate of drug-likeness (QED) is 0.0371. The number of pyridine rings is 2. The first-order chi connectivity index (χ1) is 43.8. The van der Waals surface area contributed by atoms with Crippen molar-refractivity contribution in [1.82, 2.24) is 9.97 Å². The number of methoxy groups -OCH3 is 6. The van der Waals surface area contributed by atoms with Crippen LogP contribution < -0.4 is 23.7 Å². The van der Waals surface area contributed by atoms with Crippen LogP contribution in [0.3, 0.4) is 0 Å². The Bertz CT molecular complexity index is 4170. The molecule has 2 heterocycles. The molecule has 0 aliphatic heterocycles. The van der Waals surface area contributed by atoms with Crippen molar-refractivity contribution < 1.29 is 624 Å². The van der Waals surface area contributed by atoms with Crippen LogP contribution in [0, 0.1) is 84.0 Å². The summed E-state index contributed by atoms with van der Waals surface area (Å²) in [6, 6.07) is 49.8. The fraction of sp³-hybridized carbons (Fsp3) is 0.149. The van der Waals surface area contributed by atoms with Crippen molar-refractivity contribution in [1.29, 1.82) is 0 Å². The summed E-state index contributed by atoms with van der Waals surface area (Å²) in [6.45, 7) is 9.92. The van der Waals surface area contributed by atoms with Gasteiger partial charge in [-0.15, -0.1) is 12.1 Å². The van der Waals surface area contributed by atoms with E-state index in [1.165, 1.54) is 116 Å². The number of benzene rings is 7. The van der Waals surface area contributed by atoms with Crippen LogP contribution in [0.4, 0.5) is 43.2 Å². The summed E-state index contributed by atoms with van der Waals surface area (Å²) in [5, 5.41) is 16.4. The van der Waals surface area contributed by atoms with Gasteiger partial charge >= 0.3 is 17.9 Å². The number of para-hydroxylation sites is 1. The number of rotatable bonds is 17. The van der Waals surface area contributed by atoms with Gasteiger partial charge in [0.1, 0.15) is 57.2 Å². The fourth-order valence-electron chi connectivity index (χ4n) is 7.31. The van der Waals surface area contributed by atoms with Gasteiger partial charge in [-0.3, -0.25) is 9.44 Å². The van der Waals surface area contributed by atoms with Crippen LogP contribution in [-0.4, -0.2) is 87.4 Å². The number of halogens is 2. The van der Waals surface area contributed by atoms with Crippen molar-refractivity contribution >= 4 is 72.3 Å². The Balaban J connectivity index is -0.0000000480. The van der Waals surface area contributed by atoms with Crippen molar-refractivity contribution in [3.05, 3.63) is 294 Å². The number of aromatic nitrogens is 2. The topological polar surface area (TPSA) is 274 Å². The number of nitrogens with one attached hydrogen (secondary N) is 2. The Morgan fingerprint density at radius 1 is 0.371 bits per heavy atom. The van der Waals surface area contributed by atoms with Crippen LogP contribution in [-0.2, 0) is 590 Å². The molecule has 21 nitrogen and oxygen atoms in total. The smallest absolute Gasteiger partial charge is 0.341 e. The second-order valence-electron chi connectivity index (χ2n) is 17.4. The molecule has 0 unspecified atom stereocenters. The summed E-state index contributed by atoms with van der Waals surface area (Å²) in [5.74, 6) is -1.19. The van der Waals surface area contributed by atoms with Crippen molar-refractivity contribution in [3.8, 4) is 28.4 Å². The van der Waals surface area contributed by atoms with Crippen LogP contribution in [0.15, 0.2) is 225 Å². The van der Waals surface area contributed by atoms with Gasteiger partial charge < -0.3 is 87.8 Å². The first-order valence-corrected chi connectivity index (χ1v) is 30.4. The van der Waals surface area contributed by atoms with E-state index in [9.17, 15) is 40.0 Å². The molecule has 2 N–H and O–H groups in total. The van der Waals surface area contributed by atoms with E-state index in [2.05, 4.69) is 55.4 Å². The van der Waals surface area contributed by atoms with Crippen molar-refractivity contribution in [2.24, 2.45) is 20.5 Å². The van der Waals surface area contributed by atoms with Crippen molar-refractivity contribution in [2.75, 3.05) is 52.1 Å². The van der Waals surface area contributed by atoms with E-state index in [-0.39, 0.29) is 660 Å². The third-order valence-electron chi connectivity index (χ3n) is 11.5. The molecule has 0 saturated heterocycles. The maximum Gasteiger partial charge on any atom is 0.341 e. The second-order valence-corrected chi connectivity index (χ2v) is 20.7. The largest absolute Gasteiger partial charge is 0.496 e. The molecule has 42 heteroatoms. The third kappa shape index (κ3) is 66.4. The number of esters is 3. The van der Waals surface area contributed by atoms with E-state index in [1.807, 2.05) is 40.7 Å². The molecule has 0 spiro atoms. The molecule has 2 aromatic heterocycles. The molecule has 0 aliphatic carbocycles. The molecule has 7 aromatic carbocycles. The van der Waals surface area contributed by atoms with E-state index in [0.717, 1.165) is 17.7 Å². The Morgan fingerprint density at radius 3 is 1.05 bits per heavy atom. The second kappa shape index (κ2) is 103. The molecule has 116 heavy (non-hydrogen) atoms. The van der Waals surface area contributed by atoms with E-state index in [4.69, 9.17) is 18.9 Å². The summed E-state index contributed by atoms with van der Waals surface area (Å²) in [5.41, 5.74) is 4.55. The first-order valence-electron chi connectivity index (χ1n) is 27.4. The van der Waals surface area contributed by atoms with Gasteiger partial charge in [0.2, 0.25) is 0 Å². The van der Waals surface area contributed by atoms with Gasteiger partial charge in [-0.25, -0.2) is 50.0 Å². The van der Waals surface area contributed by atoms with Gasteiger partial charge in [0.05, 0.1) is 69.5 Å². The van der Waals surface area contributed by atoms with Gasteiger partial charge in [-0.2, -0.15) is 38.2 Å². The first kappa shape index (κ1) is 180. The molecule has 0 bridgehead atoms. The molecule has 9 rings (SSSR count). The number of sulfonamides is 2. The number of azo groups is 2. The zero-order valence-corrected chi connectivity index (χ0v) is 119. The number of aryl methyl sites for hydroxylation is 1. The summed E-state index contributed by atoms with van der Waals surface area (Å²) >= 11 is 0. The van der Waals surface area contributed by atoms with Crippen LogP contribution >= 0.6 is 0 Å². The molecular formula is C74H91F2N8O13S2Y17-9. The van der Waals surface area contributed by atoms with Crippen molar-refractivity contribution in [2.45, 2.75) is 44.4 Å². The average Bonchev–Trinajstić information content (AvgIpc) is 0.822. The standard InChI is InChI=1S/C20H18N4O5S.C18H15N4O2S.C15H12F2O3.C9H10O3.2C2H6.8CH3.17Y/c1-28-18-11-8-15(13-17(18)20(25)29-2)23-22-14-6-9-16(10-7-14)30(26,27)24-19-5-3-4-12-21-19;1-14-5-4-6-16(13-14)21-20-15-8-10-17(11-9-15)25(23,24)22-18-7-2-3-12-19-18;1-19-14-6-3-9(7-12(14)15(18)20-2)11-5-4-10(16)8-13(11)17;1-11-8-6-4-3-5-7(8)9(10)12-2;2*1-2;;;;;;;;;;;;;;;;;;;;;;;;;/h3-13H,1-2H3,(H,21,24);2-4,6-13H,1H3,(H,19,22);3-8H,1-2H3;3-6H,1-2H3;2*1-2H3;8*1H3;;;;;;;;;;;;;;;;;/q;-1;;;;;8*-1;;;;;;;;;;;;;;;;;. The fourth-order valence-corrected chi connectivity index (χ4v) is 9.32. The van der Waals surface area contributed by atoms with Gasteiger partial charge in [0.15, 0.2) is 0 Å². The minimum Gasteiger partial charge on any atom is -0.496 e. The van der Waals surface area contributed by atoms with Crippen molar-refractivity contribution in [3.63, 3.8) is 0 Å². The van der Waals surface area contributed by atoms with E-state index < -0.39 is 43.6 Å². The molecule has 0 aliphatic rings. The van der Waals surface area contributed by atoms with Crippen LogP contribution in [0.5, 0.6) is 17.2 Å². The molecule has 0 saturated carbocycles.